The zero-order valence-electron chi connectivity index (χ0n) is 15.3. The number of alkyl halides is 5. The van der Waals surface area contributed by atoms with Crippen LogP contribution in [0.15, 0.2) is 24.3 Å². The summed E-state index contributed by atoms with van der Waals surface area (Å²) in [7, 11) is 0. The molecule has 1 aromatic carbocycles. The lowest BCUT2D eigenvalue weighted by molar-refractivity contribution is -0.267. The lowest BCUT2D eigenvalue weighted by Crippen LogP contribution is -2.47. The highest BCUT2D eigenvalue weighted by molar-refractivity contribution is 7.17. The van der Waals surface area contributed by atoms with Crippen LogP contribution in [-0.2, 0) is 17.6 Å². The van der Waals surface area contributed by atoms with E-state index in [1.807, 2.05) is 0 Å². The summed E-state index contributed by atoms with van der Waals surface area (Å²) in [5.41, 5.74) is 0.837. The monoisotopic (exact) mass is 466 g/mol. The first kappa shape index (κ1) is 22.5. The number of thiophene rings is 1. The smallest absolute Gasteiger partial charge is 0.322 e. The summed E-state index contributed by atoms with van der Waals surface area (Å²) in [6.07, 6.45) is -2.62. The number of carbonyl (C=O) groups is 2. The predicted molar refractivity (Wildman–Crippen MR) is 105 cm³/mol. The molecule has 2 N–H and O–H groups in total. The second-order valence-electron chi connectivity index (χ2n) is 6.76. The molecular weight excluding hydrogens is 451 g/mol. The second kappa shape index (κ2) is 8.50. The van der Waals surface area contributed by atoms with E-state index >= 15 is 0 Å². The Morgan fingerprint density at radius 3 is 2.20 bits per heavy atom. The van der Waals surface area contributed by atoms with Crippen molar-refractivity contribution in [2.45, 2.75) is 44.2 Å². The molecule has 1 heterocycles. The number of fused-ring (bicyclic) bond motifs is 1. The van der Waals surface area contributed by atoms with E-state index in [1.54, 1.807) is 5.32 Å². The minimum absolute atomic E-state index is 0.0850. The molecule has 1 aliphatic carbocycles. The zero-order chi connectivity index (χ0) is 22.1. The van der Waals surface area contributed by atoms with Crippen LogP contribution >= 0.6 is 22.9 Å². The van der Waals surface area contributed by atoms with Gasteiger partial charge in [0.1, 0.15) is 5.00 Å². The highest BCUT2D eigenvalue weighted by Crippen LogP contribution is 2.41. The standard InChI is InChI=1S/C19H16ClF5N2O2S/c20-10-6-8-11(9-7-10)26-15(28)14-12-4-2-1-3-5-13(12)30-16(14)27-17(29)18(21,22)19(23,24)25/h6-9H,1-5H2,(H,26,28)(H,27,29). The van der Waals surface area contributed by atoms with E-state index in [-0.39, 0.29) is 10.6 Å². The molecule has 30 heavy (non-hydrogen) atoms. The molecule has 0 aliphatic heterocycles. The number of hydrogen-bond acceptors (Lipinski definition) is 3. The Labute approximate surface area is 177 Å². The third-order valence-electron chi connectivity index (χ3n) is 4.62. The lowest BCUT2D eigenvalue weighted by Gasteiger charge is -2.18. The Kier molecular flexibility index (Phi) is 6.37. The van der Waals surface area contributed by atoms with Gasteiger partial charge in [0.2, 0.25) is 0 Å². The number of amides is 2. The summed E-state index contributed by atoms with van der Waals surface area (Å²) in [6, 6.07) is 6.08. The first-order chi connectivity index (χ1) is 14.0. The number of carbonyl (C=O) groups excluding carboxylic acids is 2. The molecule has 0 saturated carbocycles. The maximum atomic E-state index is 13.4. The second-order valence-corrected chi connectivity index (χ2v) is 8.30. The number of aryl methyl sites for hydroxylation is 1. The molecule has 0 radical (unpaired) electrons. The Balaban J connectivity index is 1.96. The summed E-state index contributed by atoms with van der Waals surface area (Å²) < 4.78 is 64.5. The van der Waals surface area contributed by atoms with Gasteiger partial charge in [-0.3, -0.25) is 9.59 Å². The van der Waals surface area contributed by atoms with Crippen molar-refractivity contribution in [1.29, 1.82) is 0 Å². The largest absolute Gasteiger partial charge is 0.463 e. The van der Waals surface area contributed by atoms with Crippen LogP contribution in [0, 0.1) is 0 Å². The van der Waals surface area contributed by atoms with Crippen molar-refractivity contribution in [1.82, 2.24) is 0 Å². The molecule has 0 spiro atoms. The van der Waals surface area contributed by atoms with Gasteiger partial charge in [0.15, 0.2) is 0 Å². The zero-order valence-corrected chi connectivity index (χ0v) is 16.9. The van der Waals surface area contributed by atoms with Gasteiger partial charge < -0.3 is 10.6 Å². The van der Waals surface area contributed by atoms with Crippen molar-refractivity contribution < 1.29 is 31.5 Å². The molecule has 3 rings (SSSR count). The fraction of sp³-hybridized carbons (Fsp3) is 0.368. The summed E-state index contributed by atoms with van der Waals surface area (Å²) in [5, 5.41) is 4.32. The third kappa shape index (κ3) is 4.59. The number of hydrogen-bond donors (Lipinski definition) is 2. The molecule has 11 heteroatoms. The number of nitrogens with one attached hydrogen (secondary N) is 2. The maximum absolute atomic E-state index is 13.4. The van der Waals surface area contributed by atoms with E-state index in [9.17, 15) is 31.5 Å². The maximum Gasteiger partial charge on any atom is 0.463 e. The molecule has 1 aliphatic rings. The summed E-state index contributed by atoms with van der Waals surface area (Å²) in [4.78, 5) is 25.3. The fourth-order valence-electron chi connectivity index (χ4n) is 3.11. The van der Waals surface area contributed by atoms with Gasteiger partial charge in [-0.25, -0.2) is 0 Å². The van der Waals surface area contributed by atoms with E-state index < -0.39 is 23.9 Å². The molecular formula is C19H16ClF5N2O2S. The van der Waals surface area contributed by atoms with Crippen molar-refractivity contribution in [2.75, 3.05) is 10.6 Å². The van der Waals surface area contributed by atoms with Crippen molar-refractivity contribution in [3.05, 3.63) is 45.3 Å². The summed E-state index contributed by atoms with van der Waals surface area (Å²) in [6.45, 7) is 0. The first-order valence-electron chi connectivity index (χ1n) is 8.98. The van der Waals surface area contributed by atoms with Gasteiger partial charge in [0, 0.05) is 15.6 Å². The molecule has 0 fully saturated rings. The molecule has 4 nitrogen and oxygen atoms in total. The molecule has 2 amide bonds. The van der Waals surface area contributed by atoms with Crippen LogP contribution in [-0.4, -0.2) is 23.9 Å². The highest BCUT2D eigenvalue weighted by Gasteiger charge is 2.63. The molecule has 0 unspecified atom stereocenters. The van der Waals surface area contributed by atoms with Gasteiger partial charge >= 0.3 is 18.0 Å². The van der Waals surface area contributed by atoms with Crippen molar-refractivity contribution in [3.8, 4) is 0 Å². The van der Waals surface area contributed by atoms with Crippen LogP contribution in [0.3, 0.4) is 0 Å². The Hall–Kier alpha value is -2.20. The van der Waals surface area contributed by atoms with Crippen molar-refractivity contribution in [2.24, 2.45) is 0 Å². The molecule has 0 atom stereocenters. The average Bonchev–Trinajstić information content (AvgIpc) is 2.83. The van der Waals surface area contributed by atoms with Crippen LogP contribution in [0.2, 0.25) is 5.02 Å². The minimum Gasteiger partial charge on any atom is -0.322 e. The molecule has 2 aromatic rings. The van der Waals surface area contributed by atoms with Crippen LogP contribution in [0.25, 0.3) is 0 Å². The highest BCUT2D eigenvalue weighted by atomic mass is 35.5. The molecule has 1 aromatic heterocycles. The predicted octanol–water partition coefficient (Wildman–Crippen LogP) is 6.06. The van der Waals surface area contributed by atoms with Crippen molar-refractivity contribution >= 4 is 45.4 Å². The van der Waals surface area contributed by atoms with E-state index in [0.717, 1.165) is 30.6 Å². The number of halogens is 6. The lowest BCUT2D eigenvalue weighted by atomic mass is 10.0. The van der Waals surface area contributed by atoms with E-state index in [2.05, 4.69) is 5.32 Å². The van der Waals surface area contributed by atoms with Gasteiger partial charge in [-0.15, -0.1) is 11.3 Å². The SMILES string of the molecule is O=C(Nc1ccc(Cl)cc1)c1c(NC(=O)C(F)(F)C(F)(F)F)sc2c1CCCCC2. The van der Waals surface area contributed by atoms with E-state index in [0.29, 0.717) is 34.0 Å². The Morgan fingerprint density at radius 2 is 1.57 bits per heavy atom. The van der Waals surface area contributed by atoms with Gasteiger partial charge in [-0.05, 0) is 55.5 Å². The summed E-state index contributed by atoms with van der Waals surface area (Å²) in [5.74, 6) is -8.81. The third-order valence-corrected chi connectivity index (χ3v) is 6.08. The average molecular weight is 467 g/mol. The normalized spacial score (nSPS) is 14.6. The van der Waals surface area contributed by atoms with Gasteiger partial charge in [-0.2, -0.15) is 22.0 Å². The van der Waals surface area contributed by atoms with Gasteiger partial charge in [-0.1, -0.05) is 18.0 Å². The minimum atomic E-state index is -6.04. The first-order valence-corrected chi connectivity index (χ1v) is 10.2. The van der Waals surface area contributed by atoms with E-state index in [4.69, 9.17) is 11.6 Å². The number of anilines is 2. The van der Waals surface area contributed by atoms with Crippen molar-refractivity contribution in [3.63, 3.8) is 0 Å². The molecule has 162 valence electrons. The fourth-order valence-corrected chi connectivity index (χ4v) is 4.52. The van der Waals surface area contributed by atoms with Crippen LogP contribution < -0.4 is 10.6 Å². The molecule has 0 saturated heterocycles. The van der Waals surface area contributed by atoms with Crippen LogP contribution in [0.4, 0.5) is 32.6 Å². The summed E-state index contributed by atoms with van der Waals surface area (Å²) >= 11 is 6.66. The van der Waals surface area contributed by atoms with Gasteiger partial charge in [0.25, 0.3) is 5.91 Å². The topological polar surface area (TPSA) is 58.2 Å². The Morgan fingerprint density at radius 1 is 0.933 bits per heavy atom. The van der Waals surface area contributed by atoms with Gasteiger partial charge in [0.05, 0.1) is 5.56 Å². The Bertz CT molecular complexity index is 957. The quantitative estimate of drug-likeness (QED) is 0.425. The molecule has 0 bridgehead atoms. The van der Waals surface area contributed by atoms with Crippen LogP contribution in [0.1, 0.15) is 40.1 Å². The van der Waals surface area contributed by atoms with E-state index in [1.165, 1.54) is 24.3 Å². The number of rotatable bonds is 4. The number of benzene rings is 1. The van der Waals surface area contributed by atoms with Crippen LogP contribution in [0.5, 0.6) is 0 Å².